The van der Waals surface area contributed by atoms with Crippen LogP contribution in [0.5, 0.6) is 11.5 Å². The number of nitrogens with zero attached hydrogens (tertiary/aromatic N) is 2. The summed E-state index contributed by atoms with van der Waals surface area (Å²) >= 11 is 6.23. The van der Waals surface area contributed by atoms with Gasteiger partial charge in [0.25, 0.3) is 11.7 Å². The summed E-state index contributed by atoms with van der Waals surface area (Å²) < 4.78 is 11.2. The number of hydrogen-bond donors (Lipinski definition) is 1. The van der Waals surface area contributed by atoms with E-state index in [1.54, 1.807) is 36.4 Å². The van der Waals surface area contributed by atoms with Gasteiger partial charge in [0.05, 0.1) is 11.6 Å². The normalized spacial score (nSPS) is 19.4. The van der Waals surface area contributed by atoms with Crippen molar-refractivity contribution in [2.24, 2.45) is 0 Å². The number of fused-ring (bicyclic) bond motifs is 1. The van der Waals surface area contributed by atoms with Crippen molar-refractivity contribution >= 4 is 29.1 Å². The molecule has 2 aliphatic heterocycles. The number of halogens is 1. The molecule has 2 heterocycles. The fourth-order valence-corrected chi connectivity index (χ4v) is 4.47. The molecule has 0 radical (unpaired) electrons. The summed E-state index contributed by atoms with van der Waals surface area (Å²) in [6, 6.07) is 11.3. The van der Waals surface area contributed by atoms with E-state index in [0.29, 0.717) is 54.0 Å². The zero-order valence-electron chi connectivity index (χ0n) is 18.7. The van der Waals surface area contributed by atoms with Crippen molar-refractivity contribution in [1.82, 2.24) is 9.80 Å². The Kier molecular flexibility index (Phi) is 6.91. The van der Waals surface area contributed by atoms with Crippen LogP contribution in [-0.4, -0.2) is 66.0 Å². The molecule has 1 amide bonds. The number of rotatable bonds is 7. The highest BCUT2D eigenvalue weighted by Crippen LogP contribution is 2.41. The Morgan fingerprint density at radius 2 is 1.82 bits per heavy atom. The maximum Gasteiger partial charge on any atom is 0.295 e. The second-order valence-corrected chi connectivity index (χ2v) is 8.37. The molecule has 1 saturated heterocycles. The smallest absolute Gasteiger partial charge is 0.295 e. The summed E-state index contributed by atoms with van der Waals surface area (Å²) in [5.74, 6) is -0.539. The Labute approximate surface area is 198 Å². The van der Waals surface area contributed by atoms with Crippen molar-refractivity contribution in [2.75, 3.05) is 39.4 Å². The molecule has 0 saturated carbocycles. The zero-order valence-corrected chi connectivity index (χ0v) is 19.5. The molecular formula is C25H27ClN2O5. The largest absolute Gasteiger partial charge is 0.507 e. The number of likely N-dealkylation sites (tertiary alicyclic amines) is 1. The summed E-state index contributed by atoms with van der Waals surface area (Å²) in [4.78, 5) is 29.9. The van der Waals surface area contributed by atoms with E-state index < -0.39 is 17.7 Å². The molecule has 8 heteroatoms. The maximum atomic E-state index is 13.2. The van der Waals surface area contributed by atoms with Crippen molar-refractivity contribution in [3.63, 3.8) is 0 Å². The van der Waals surface area contributed by atoms with E-state index in [1.807, 2.05) is 19.9 Å². The van der Waals surface area contributed by atoms with Gasteiger partial charge < -0.3 is 24.4 Å². The molecule has 2 aliphatic rings. The molecule has 0 unspecified atom stereocenters. The third-order valence-corrected chi connectivity index (χ3v) is 6.31. The Hall–Kier alpha value is -3.03. The second kappa shape index (κ2) is 9.85. The Morgan fingerprint density at radius 1 is 1.09 bits per heavy atom. The fraction of sp³-hybridized carbons (Fsp3) is 0.360. The molecule has 0 aromatic heterocycles. The van der Waals surface area contributed by atoms with Crippen molar-refractivity contribution in [1.29, 1.82) is 0 Å². The number of aliphatic hydroxyl groups is 1. The van der Waals surface area contributed by atoms with Gasteiger partial charge in [-0.15, -0.1) is 0 Å². The molecule has 174 valence electrons. The van der Waals surface area contributed by atoms with Crippen molar-refractivity contribution < 1.29 is 24.2 Å². The summed E-state index contributed by atoms with van der Waals surface area (Å²) in [5, 5.41) is 11.7. The number of benzene rings is 2. The van der Waals surface area contributed by atoms with Crippen LogP contribution in [0.25, 0.3) is 5.76 Å². The number of carbonyl (C=O) groups is 2. The van der Waals surface area contributed by atoms with Crippen LogP contribution in [0.3, 0.4) is 0 Å². The Morgan fingerprint density at radius 3 is 2.52 bits per heavy atom. The van der Waals surface area contributed by atoms with Gasteiger partial charge in [0.15, 0.2) is 11.5 Å². The molecule has 7 nitrogen and oxygen atoms in total. The lowest BCUT2D eigenvalue weighted by atomic mass is 9.95. The monoisotopic (exact) mass is 470 g/mol. The van der Waals surface area contributed by atoms with Crippen LogP contribution < -0.4 is 9.47 Å². The van der Waals surface area contributed by atoms with Crippen molar-refractivity contribution in [3.8, 4) is 11.5 Å². The molecule has 1 N–H and O–H groups in total. The third-order valence-electron chi connectivity index (χ3n) is 6.07. The van der Waals surface area contributed by atoms with E-state index >= 15 is 0 Å². The van der Waals surface area contributed by atoms with Gasteiger partial charge >= 0.3 is 0 Å². The highest BCUT2D eigenvalue weighted by atomic mass is 35.5. The Bertz CT molecular complexity index is 1100. The highest BCUT2D eigenvalue weighted by molar-refractivity contribution is 6.46. The van der Waals surface area contributed by atoms with Gasteiger partial charge in [-0.3, -0.25) is 9.59 Å². The minimum atomic E-state index is -0.743. The number of amides is 1. The zero-order chi connectivity index (χ0) is 23.5. The van der Waals surface area contributed by atoms with Crippen LogP contribution in [-0.2, 0) is 9.59 Å². The molecule has 0 spiro atoms. The predicted molar refractivity (Wildman–Crippen MR) is 126 cm³/mol. The first kappa shape index (κ1) is 23.1. The lowest BCUT2D eigenvalue weighted by Crippen LogP contribution is -2.38. The fourth-order valence-electron chi connectivity index (χ4n) is 4.27. The average Bonchev–Trinajstić information content (AvgIpc) is 3.09. The van der Waals surface area contributed by atoms with Crippen molar-refractivity contribution in [2.45, 2.75) is 19.9 Å². The quantitative estimate of drug-likeness (QED) is 0.376. The number of likely N-dealkylation sites (N-methyl/N-ethyl adjacent to an activating group) is 1. The number of ketones is 1. The molecule has 4 rings (SSSR count). The van der Waals surface area contributed by atoms with Gasteiger partial charge in [0.2, 0.25) is 0 Å². The lowest BCUT2D eigenvalue weighted by Gasteiger charge is -2.28. The van der Waals surface area contributed by atoms with E-state index in [0.717, 1.165) is 13.1 Å². The first-order valence-corrected chi connectivity index (χ1v) is 11.5. The Balaban J connectivity index is 1.79. The van der Waals surface area contributed by atoms with Gasteiger partial charge in [-0.2, -0.15) is 0 Å². The molecule has 0 aliphatic carbocycles. The number of Topliss-reactive ketones (excluding diaryl/α,β-unsaturated/α-hetero) is 1. The first-order chi connectivity index (χ1) is 15.9. The molecule has 33 heavy (non-hydrogen) atoms. The molecular weight excluding hydrogens is 444 g/mol. The summed E-state index contributed by atoms with van der Waals surface area (Å²) in [6.07, 6.45) is 0. The minimum absolute atomic E-state index is 0.0403. The second-order valence-electron chi connectivity index (χ2n) is 7.93. The standard InChI is InChI=1S/C25H27ClN2O5/c1-3-27(4-2)10-11-28-22(16-6-5-7-18(26)14-16)21(24(30)25(28)31)23(29)17-8-9-19-20(15-17)33-13-12-32-19/h5-9,14-15,22,29H,3-4,10-13H2,1-2H3/t22-/m0/s1. The minimum Gasteiger partial charge on any atom is -0.507 e. The van der Waals surface area contributed by atoms with Crippen LogP contribution in [0.1, 0.15) is 31.0 Å². The SMILES string of the molecule is CCN(CC)CCN1C(=O)C(=O)C(=C(O)c2ccc3c(c2)OCCO3)[C@@H]1c1cccc(Cl)c1. The van der Waals surface area contributed by atoms with Crippen LogP contribution in [0, 0.1) is 0 Å². The van der Waals surface area contributed by atoms with E-state index in [-0.39, 0.29) is 11.3 Å². The molecule has 2 aromatic carbocycles. The van der Waals surface area contributed by atoms with E-state index in [2.05, 4.69) is 4.90 Å². The van der Waals surface area contributed by atoms with Gasteiger partial charge in [-0.25, -0.2) is 0 Å². The van der Waals surface area contributed by atoms with Crippen molar-refractivity contribution in [3.05, 3.63) is 64.2 Å². The van der Waals surface area contributed by atoms with Crippen LogP contribution in [0.4, 0.5) is 0 Å². The number of carbonyl (C=O) groups excluding carboxylic acids is 2. The maximum absolute atomic E-state index is 13.2. The molecule has 2 aromatic rings. The van der Waals surface area contributed by atoms with E-state index in [1.165, 1.54) is 4.90 Å². The first-order valence-electron chi connectivity index (χ1n) is 11.1. The van der Waals surface area contributed by atoms with Gasteiger partial charge in [0.1, 0.15) is 19.0 Å². The number of hydrogen-bond acceptors (Lipinski definition) is 6. The van der Waals surface area contributed by atoms with E-state index in [9.17, 15) is 14.7 Å². The lowest BCUT2D eigenvalue weighted by molar-refractivity contribution is -0.140. The number of ether oxygens (including phenoxy) is 2. The molecule has 0 bridgehead atoms. The summed E-state index contributed by atoms with van der Waals surface area (Å²) in [7, 11) is 0. The highest BCUT2D eigenvalue weighted by Gasteiger charge is 2.46. The van der Waals surface area contributed by atoms with Crippen LogP contribution >= 0.6 is 11.6 Å². The van der Waals surface area contributed by atoms with Gasteiger partial charge in [-0.1, -0.05) is 37.6 Å². The van der Waals surface area contributed by atoms with E-state index in [4.69, 9.17) is 21.1 Å². The summed E-state index contributed by atoms with van der Waals surface area (Å²) in [6.45, 7) is 7.57. The van der Waals surface area contributed by atoms with Gasteiger partial charge in [-0.05, 0) is 49.0 Å². The molecule has 1 fully saturated rings. The molecule has 1 atom stereocenters. The van der Waals surface area contributed by atoms with Crippen LogP contribution in [0.2, 0.25) is 5.02 Å². The van der Waals surface area contributed by atoms with Crippen LogP contribution in [0.15, 0.2) is 48.0 Å². The topological polar surface area (TPSA) is 79.3 Å². The summed E-state index contributed by atoms with van der Waals surface area (Å²) in [5.41, 5.74) is 1.09. The van der Waals surface area contributed by atoms with Gasteiger partial charge in [0, 0.05) is 23.7 Å². The number of aliphatic hydroxyl groups excluding tert-OH is 1. The predicted octanol–water partition coefficient (Wildman–Crippen LogP) is 3.87. The third kappa shape index (κ3) is 4.56. The average molecular weight is 471 g/mol.